The van der Waals surface area contributed by atoms with E-state index < -0.39 is 0 Å². The van der Waals surface area contributed by atoms with Crippen molar-refractivity contribution in [2.24, 2.45) is 0 Å². The molecule has 1 aliphatic heterocycles. The van der Waals surface area contributed by atoms with Gasteiger partial charge in [-0.25, -0.2) is 0 Å². The summed E-state index contributed by atoms with van der Waals surface area (Å²) in [6.45, 7) is 10.5. The number of hydrogen-bond donors (Lipinski definition) is 1. The Labute approximate surface area is 115 Å². The highest BCUT2D eigenvalue weighted by Crippen LogP contribution is 2.20. The molecule has 1 fully saturated rings. The average molecular weight is 266 g/mol. The first-order valence-electron chi connectivity index (χ1n) is 7.24. The smallest absolute Gasteiger partial charge is 0.0216 e. The van der Waals surface area contributed by atoms with E-state index in [0.717, 1.165) is 13.1 Å². The molecule has 0 spiro atoms. The Balaban J connectivity index is 1.57. The van der Waals surface area contributed by atoms with Gasteiger partial charge in [0.25, 0.3) is 0 Å². The minimum atomic E-state index is 1.04. The first kappa shape index (κ1) is 14.0. The number of nitrogens with one attached hydrogen (secondary N) is 1. The van der Waals surface area contributed by atoms with Crippen LogP contribution >= 0.6 is 11.3 Å². The van der Waals surface area contributed by atoms with E-state index >= 15 is 0 Å². The van der Waals surface area contributed by atoms with Crippen LogP contribution in [0, 0.1) is 13.8 Å². The van der Waals surface area contributed by atoms with Crippen molar-refractivity contribution < 1.29 is 0 Å². The van der Waals surface area contributed by atoms with Crippen molar-refractivity contribution in [1.82, 2.24) is 10.2 Å². The molecule has 2 nitrogen and oxygen atoms in total. The molecule has 102 valence electrons. The molecule has 18 heavy (non-hydrogen) atoms. The van der Waals surface area contributed by atoms with Crippen LogP contribution < -0.4 is 5.32 Å². The lowest BCUT2D eigenvalue weighted by atomic mass is 10.1. The third-order valence-corrected chi connectivity index (χ3v) is 4.74. The first-order valence-corrected chi connectivity index (χ1v) is 8.06. The molecular formula is C15H26N2S. The first-order chi connectivity index (χ1) is 8.75. The van der Waals surface area contributed by atoms with Crippen LogP contribution in [0.25, 0.3) is 0 Å². The van der Waals surface area contributed by atoms with E-state index in [9.17, 15) is 0 Å². The largest absolute Gasteiger partial charge is 0.313 e. The summed E-state index contributed by atoms with van der Waals surface area (Å²) >= 11 is 1.91. The summed E-state index contributed by atoms with van der Waals surface area (Å²) in [4.78, 5) is 5.51. The van der Waals surface area contributed by atoms with Crippen LogP contribution in [0.4, 0.5) is 0 Å². The number of aryl methyl sites for hydroxylation is 2. The Bertz CT molecular complexity index is 353. The molecule has 0 aliphatic carbocycles. The zero-order valence-corrected chi connectivity index (χ0v) is 12.6. The summed E-state index contributed by atoms with van der Waals surface area (Å²) < 4.78 is 0. The lowest BCUT2D eigenvalue weighted by Gasteiger charge is -2.26. The van der Waals surface area contributed by atoms with Gasteiger partial charge < -0.3 is 10.2 Å². The van der Waals surface area contributed by atoms with E-state index in [0.29, 0.717) is 0 Å². The van der Waals surface area contributed by atoms with Gasteiger partial charge in [-0.15, -0.1) is 11.3 Å². The maximum atomic E-state index is 3.58. The Kier molecular flexibility index (Phi) is 5.67. The highest BCUT2D eigenvalue weighted by Gasteiger charge is 2.08. The predicted octanol–water partition coefficient (Wildman–Crippen LogP) is 3.33. The highest BCUT2D eigenvalue weighted by atomic mass is 32.1. The zero-order valence-electron chi connectivity index (χ0n) is 11.8. The van der Waals surface area contributed by atoms with Gasteiger partial charge in [-0.2, -0.15) is 0 Å². The van der Waals surface area contributed by atoms with Gasteiger partial charge in [-0.1, -0.05) is 6.42 Å². The van der Waals surface area contributed by atoms with E-state index in [2.05, 4.69) is 30.1 Å². The zero-order chi connectivity index (χ0) is 12.8. The molecule has 0 atom stereocenters. The Morgan fingerprint density at radius 3 is 2.67 bits per heavy atom. The monoisotopic (exact) mass is 266 g/mol. The minimum absolute atomic E-state index is 1.04. The van der Waals surface area contributed by atoms with Crippen molar-refractivity contribution in [3.05, 3.63) is 21.4 Å². The molecular weight excluding hydrogens is 240 g/mol. The summed E-state index contributed by atoms with van der Waals surface area (Å²) in [5.41, 5.74) is 1.48. The number of hydrogen-bond acceptors (Lipinski definition) is 3. The summed E-state index contributed by atoms with van der Waals surface area (Å²) in [6, 6.07) is 2.32. The molecule has 2 rings (SSSR count). The van der Waals surface area contributed by atoms with Gasteiger partial charge in [0, 0.05) is 16.3 Å². The Morgan fingerprint density at radius 1 is 1.22 bits per heavy atom. The van der Waals surface area contributed by atoms with Crippen LogP contribution in [-0.4, -0.2) is 31.1 Å². The normalized spacial score (nSPS) is 17.2. The molecule has 0 amide bonds. The van der Waals surface area contributed by atoms with Gasteiger partial charge in [0.1, 0.15) is 0 Å². The number of likely N-dealkylation sites (tertiary alicyclic amines) is 1. The Hall–Kier alpha value is -0.380. The maximum absolute atomic E-state index is 3.58. The molecule has 1 aromatic heterocycles. The van der Waals surface area contributed by atoms with Gasteiger partial charge in [0.15, 0.2) is 0 Å². The van der Waals surface area contributed by atoms with Crippen molar-refractivity contribution in [2.75, 3.05) is 26.2 Å². The summed E-state index contributed by atoms with van der Waals surface area (Å²) in [6.07, 6.45) is 5.52. The summed E-state index contributed by atoms with van der Waals surface area (Å²) in [5.74, 6) is 0. The standard InChI is InChI=1S/C15H26N2S/c1-13-11-15(14(2)18-13)12-16-7-6-10-17-8-4-3-5-9-17/h11,16H,3-10,12H2,1-2H3. The lowest BCUT2D eigenvalue weighted by molar-refractivity contribution is 0.225. The number of rotatable bonds is 6. The Morgan fingerprint density at radius 2 is 2.00 bits per heavy atom. The van der Waals surface area contributed by atoms with Crippen LogP contribution in [0.1, 0.15) is 41.0 Å². The van der Waals surface area contributed by atoms with E-state index in [1.54, 1.807) is 0 Å². The van der Waals surface area contributed by atoms with Crippen molar-refractivity contribution >= 4 is 11.3 Å². The number of piperidine rings is 1. The molecule has 1 saturated heterocycles. The number of thiophene rings is 1. The fraction of sp³-hybridized carbons (Fsp3) is 0.733. The molecule has 0 unspecified atom stereocenters. The van der Waals surface area contributed by atoms with Crippen LogP contribution in [0.5, 0.6) is 0 Å². The SMILES string of the molecule is Cc1cc(CNCCCN2CCCCC2)c(C)s1. The molecule has 0 radical (unpaired) electrons. The quantitative estimate of drug-likeness (QED) is 0.795. The summed E-state index contributed by atoms with van der Waals surface area (Å²) in [7, 11) is 0. The predicted molar refractivity (Wildman–Crippen MR) is 80.4 cm³/mol. The molecule has 1 N–H and O–H groups in total. The maximum Gasteiger partial charge on any atom is 0.0216 e. The second-order valence-corrected chi connectivity index (χ2v) is 6.83. The second-order valence-electron chi connectivity index (χ2n) is 5.37. The fourth-order valence-electron chi connectivity index (χ4n) is 2.69. The molecule has 3 heteroatoms. The van der Waals surface area contributed by atoms with Gasteiger partial charge in [0.05, 0.1) is 0 Å². The molecule has 0 aromatic carbocycles. The average Bonchev–Trinajstić information content (AvgIpc) is 2.69. The van der Waals surface area contributed by atoms with Crippen LogP contribution in [0.3, 0.4) is 0 Å². The minimum Gasteiger partial charge on any atom is -0.313 e. The molecule has 1 aliphatic rings. The fourth-order valence-corrected chi connectivity index (χ4v) is 3.64. The second kappa shape index (κ2) is 7.27. The topological polar surface area (TPSA) is 15.3 Å². The van der Waals surface area contributed by atoms with Gasteiger partial charge >= 0.3 is 0 Å². The number of nitrogens with zero attached hydrogens (tertiary/aromatic N) is 1. The third kappa shape index (κ3) is 4.38. The van der Waals surface area contributed by atoms with Crippen molar-refractivity contribution in [3.63, 3.8) is 0 Å². The van der Waals surface area contributed by atoms with Crippen LogP contribution in [-0.2, 0) is 6.54 Å². The van der Waals surface area contributed by atoms with E-state index in [4.69, 9.17) is 0 Å². The van der Waals surface area contributed by atoms with Crippen molar-refractivity contribution in [3.8, 4) is 0 Å². The van der Waals surface area contributed by atoms with E-state index in [1.165, 1.54) is 60.6 Å². The third-order valence-electron chi connectivity index (χ3n) is 3.74. The van der Waals surface area contributed by atoms with Crippen LogP contribution in [0.2, 0.25) is 0 Å². The highest BCUT2D eigenvalue weighted by molar-refractivity contribution is 7.12. The molecule has 1 aromatic rings. The van der Waals surface area contributed by atoms with Crippen molar-refractivity contribution in [2.45, 2.75) is 46.1 Å². The van der Waals surface area contributed by atoms with E-state index in [1.807, 2.05) is 11.3 Å². The molecule has 2 heterocycles. The van der Waals surface area contributed by atoms with E-state index in [-0.39, 0.29) is 0 Å². The van der Waals surface area contributed by atoms with Gasteiger partial charge in [-0.3, -0.25) is 0 Å². The van der Waals surface area contributed by atoms with Crippen molar-refractivity contribution in [1.29, 1.82) is 0 Å². The van der Waals surface area contributed by atoms with Crippen LogP contribution in [0.15, 0.2) is 6.07 Å². The van der Waals surface area contributed by atoms with Gasteiger partial charge in [0.2, 0.25) is 0 Å². The summed E-state index contributed by atoms with van der Waals surface area (Å²) in [5, 5.41) is 3.58. The molecule has 0 saturated carbocycles. The lowest BCUT2D eigenvalue weighted by Crippen LogP contribution is -2.32. The van der Waals surface area contributed by atoms with Gasteiger partial charge in [-0.05, 0) is 70.9 Å². The molecule has 0 bridgehead atoms.